The molecule has 2 aromatic rings. The molecular weight excluding hydrogens is 917 g/mol. The monoisotopic (exact) mass is 977 g/mol. The molecule has 1 saturated heterocycles. The van der Waals surface area contributed by atoms with Gasteiger partial charge in [0.2, 0.25) is 46.6 Å². The lowest BCUT2D eigenvalue weighted by Crippen LogP contribution is -2.64. The molecule has 3 rings (SSSR count). The van der Waals surface area contributed by atoms with E-state index in [1.54, 1.807) is 10.9 Å². The largest absolute Gasteiger partial charge is 0.420 e. The average molecular weight is 978 g/mol. The first-order valence-corrected chi connectivity index (χ1v) is 21.3. The van der Waals surface area contributed by atoms with E-state index >= 15 is 0 Å². The van der Waals surface area contributed by atoms with Gasteiger partial charge < -0.3 is 78.1 Å². The van der Waals surface area contributed by atoms with Crippen LogP contribution in [-0.4, -0.2) is 204 Å². The van der Waals surface area contributed by atoms with Gasteiger partial charge in [-0.1, -0.05) is 5.21 Å². The summed E-state index contributed by atoms with van der Waals surface area (Å²) in [4.78, 5) is 35.2. The van der Waals surface area contributed by atoms with Crippen LogP contribution in [-0.2, 0) is 74.7 Å². The molecule has 5 N–H and O–H groups in total. The Hall–Kier alpha value is -4.10. The lowest BCUT2D eigenvalue weighted by Gasteiger charge is -2.42. The van der Waals surface area contributed by atoms with E-state index in [1.807, 2.05) is 0 Å². The molecule has 1 fully saturated rings. The molecule has 1 aliphatic heterocycles. The van der Waals surface area contributed by atoms with Crippen molar-refractivity contribution in [1.29, 1.82) is 0 Å². The number of carbonyl (C=O) groups is 3. The Bertz CT molecular complexity index is 1710. The van der Waals surface area contributed by atoms with Crippen LogP contribution in [0, 0.1) is 29.1 Å². The summed E-state index contributed by atoms with van der Waals surface area (Å²) in [6, 6.07) is -1.02. The molecule has 0 bridgehead atoms. The summed E-state index contributed by atoms with van der Waals surface area (Å²) < 4.78 is 127. The SMILES string of the molecule is CC(=O)N[C@H]1[C@H](OCCc2cn(CCOCCOCCOCCOCCOCCOCCNC(=O)CCOCCOCCC(=O)Oc3c(F)c(F)c(F)c(F)c3F)nn2)O[C@H](CO)[C@H](O)[C@@H]1O. The number of aliphatic hydroxyl groups is 3. The van der Waals surface area contributed by atoms with Gasteiger partial charge in [0.05, 0.1) is 138 Å². The number of aromatic nitrogens is 3. The second kappa shape index (κ2) is 33.4. The Kier molecular flexibility index (Phi) is 28.5. The smallest absolute Gasteiger partial charge is 0.313 e. The van der Waals surface area contributed by atoms with Crippen molar-refractivity contribution in [2.24, 2.45) is 0 Å². The molecule has 2 amide bonds. The summed E-state index contributed by atoms with van der Waals surface area (Å²) in [5.74, 6) is -15.1. The minimum absolute atomic E-state index is 0.00787. The molecule has 22 nitrogen and oxygen atoms in total. The maximum absolute atomic E-state index is 13.6. The lowest BCUT2D eigenvalue weighted by molar-refractivity contribution is -0.269. The molecular formula is C40H60F5N5O17. The van der Waals surface area contributed by atoms with Gasteiger partial charge in [0, 0.05) is 32.5 Å². The third kappa shape index (κ3) is 22.3. The number of rotatable bonds is 37. The van der Waals surface area contributed by atoms with Gasteiger partial charge in [-0.25, -0.2) is 17.9 Å². The fraction of sp³-hybridized carbons (Fsp3) is 0.725. The second-order valence-electron chi connectivity index (χ2n) is 14.1. The highest BCUT2D eigenvalue weighted by molar-refractivity contribution is 5.76. The van der Waals surface area contributed by atoms with Gasteiger partial charge in [-0.3, -0.25) is 14.4 Å². The van der Waals surface area contributed by atoms with Crippen molar-refractivity contribution in [3.63, 3.8) is 0 Å². The molecule has 1 aromatic heterocycles. The summed E-state index contributed by atoms with van der Waals surface area (Å²) in [7, 11) is 0. The molecule has 1 aliphatic rings. The molecule has 67 heavy (non-hydrogen) atoms. The number of aliphatic hydroxyl groups excluding tert-OH is 3. The Morgan fingerprint density at radius 3 is 1.70 bits per heavy atom. The zero-order valence-corrected chi connectivity index (χ0v) is 37.0. The van der Waals surface area contributed by atoms with Crippen molar-refractivity contribution in [2.75, 3.05) is 125 Å². The highest BCUT2D eigenvalue weighted by atomic mass is 19.2. The first kappa shape index (κ1) is 57.2. The van der Waals surface area contributed by atoms with Crippen LogP contribution in [0.1, 0.15) is 25.5 Å². The Labute approximate surface area is 382 Å². The molecule has 1 aromatic carbocycles. The lowest BCUT2D eigenvalue weighted by atomic mass is 9.97. The van der Waals surface area contributed by atoms with Gasteiger partial charge in [-0.2, -0.15) is 8.78 Å². The fourth-order valence-corrected chi connectivity index (χ4v) is 5.65. The van der Waals surface area contributed by atoms with E-state index in [2.05, 4.69) is 25.7 Å². The van der Waals surface area contributed by atoms with E-state index < -0.39 is 90.4 Å². The molecule has 0 saturated carbocycles. The zero-order chi connectivity index (χ0) is 48.8. The van der Waals surface area contributed by atoms with E-state index in [9.17, 15) is 51.7 Å². The van der Waals surface area contributed by atoms with Gasteiger partial charge in [0.15, 0.2) is 6.29 Å². The molecule has 0 unspecified atom stereocenters. The van der Waals surface area contributed by atoms with E-state index in [0.717, 1.165) is 0 Å². The summed E-state index contributed by atoms with van der Waals surface area (Å²) in [5, 5.41) is 43.3. The van der Waals surface area contributed by atoms with Crippen LogP contribution < -0.4 is 15.4 Å². The first-order chi connectivity index (χ1) is 32.3. The number of carbonyl (C=O) groups excluding carboxylic acids is 3. The Balaban J connectivity index is 1.01. The normalized spacial score (nSPS) is 18.3. The van der Waals surface area contributed by atoms with Crippen molar-refractivity contribution < 1.29 is 104 Å². The van der Waals surface area contributed by atoms with E-state index in [-0.39, 0.29) is 58.5 Å². The van der Waals surface area contributed by atoms with Gasteiger partial charge in [-0.15, -0.1) is 5.10 Å². The summed E-state index contributed by atoms with van der Waals surface area (Å²) >= 11 is 0. The van der Waals surface area contributed by atoms with Gasteiger partial charge in [0.25, 0.3) is 0 Å². The molecule has 382 valence electrons. The van der Waals surface area contributed by atoms with Crippen molar-refractivity contribution >= 4 is 17.8 Å². The quantitative estimate of drug-likeness (QED) is 0.0137. The number of hydrogen-bond acceptors (Lipinski definition) is 19. The van der Waals surface area contributed by atoms with Crippen molar-refractivity contribution in [3.05, 3.63) is 41.0 Å². The Morgan fingerprint density at radius 2 is 1.16 bits per heavy atom. The maximum Gasteiger partial charge on any atom is 0.313 e. The topological polar surface area (TPSA) is 268 Å². The third-order valence-electron chi connectivity index (χ3n) is 9.05. The number of halogens is 5. The van der Waals surface area contributed by atoms with Crippen molar-refractivity contribution in [3.8, 4) is 5.75 Å². The molecule has 27 heteroatoms. The van der Waals surface area contributed by atoms with E-state index in [0.29, 0.717) is 91.3 Å². The molecule has 2 heterocycles. The number of benzene rings is 1. The van der Waals surface area contributed by atoms with E-state index in [1.165, 1.54) is 6.92 Å². The minimum atomic E-state index is -2.37. The van der Waals surface area contributed by atoms with Crippen LogP contribution in [0.2, 0.25) is 0 Å². The molecule has 0 spiro atoms. The standard InChI is InChI=1S/C40H60F5N5O17/c1-26(52)47-36-38(56)37(55)28(25-51)66-40(36)65-9-2-27-24-50(49-48-27)6-11-60-15-17-62-19-21-64-23-22-63-20-18-61-16-14-59-10-5-46-29(53)3-7-57-12-13-58-8-4-30(54)67-39-34(44)32(42)31(41)33(43)35(39)45/h24,28,36-38,40,51,55-56H,2-23,25H2,1H3,(H,46,53)(H,47,52)/t28-,36-,37+,38-,40-/m1/s1. The number of esters is 1. The minimum Gasteiger partial charge on any atom is -0.420 e. The summed E-state index contributed by atoms with van der Waals surface area (Å²) in [6.07, 6.45) is -3.34. The van der Waals surface area contributed by atoms with Crippen LogP contribution >= 0.6 is 0 Å². The number of nitrogens with one attached hydrogen (secondary N) is 2. The van der Waals surface area contributed by atoms with Crippen LogP contribution in [0.3, 0.4) is 0 Å². The van der Waals surface area contributed by atoms with E-state index in [4.69, 9.17) is 47.4 Å². The van der Waals surface area contributed by atoms with Crippen molar-refractivity contribution in [1.82, 2.24) is 25.6 Å². The third-order valence-corrected chi connectivity index (χ3v) is 9.05. The maximum atomic E-state index is 13.6. The number of hydrogen-bond donors (Lipinski definition) is 5. The highest BCUT2D eigenvalue weighted by Crippen LogP contribution is 2.29. The van der Waals surface area contributed by atoms with Crippen molar-refractivity contribution in [2.45, 2.75) is 63.4 Å². The number of amides is 2. The molecule has 5 atom stereocenters. The van der Waals surface area contributed by atoms with Crippen LogP contribution in [0.4, 0.5) is 22.0 Å². The number of nitrogens with zero attached hydrogens (tertiary/aromatic N) is 3. The second-order valence-corrected chi connectivity index (χ2v) is 14.1. The predicted molar refractivity (Wildman–Crippen MR) is 216 cm³/mol. The van der Waals surface area contributed by atoms with Crippen LogP contribution in [0.25, 0.3) is 0 Å². The fourth-order valence-electron chi connectivity index (χ4n) is 5.65. The highest BCUT2D eigenvalue weighted by Gasteiger charge is 2.45. The number of ether oxygens (including phenoxy) is 11. The Morgan fingerprint density at radius 1 is 0.672 bits per heavy atom. The van der Waals surface area contributed by atoms with Gasteiger partial charge in [0.1, 0.15) is 24.4 Å². The van der Waals surface area contributed by atoms with Crippen LogP contribution in [0.5, 0.6) is 5.75 Å². The van der Waals surface area contributed by atoms with Gasteiger partial charge in [-0.05, 0) is 0 Å². The average Bonchev–Trinajstić information content (AvgIpc) is 3.77. The zero-order valence-electron chi connectivity index (χ0n) is 37.0. The molecule has 0 aliphatic carbocycles. The summed E-state index contributed by atoms with van der Waals surface area (Å²) in [6.45, 7) is 5.75. The van der Waals surface area contributed by atoms with Crippen LogP contribution in [0.15, 0.2) is 6.20 Å². The first-order valence-electron chi connectivity index (χ1n) is 21.3. The molecule has 0 radical (unpaired) electrons. The predicted octanol–water partition coefficient (Wildman–Crippen LogP) is -0.889. The summed E-state index contributed by atoms with van der Waals surface area (Å²) in [5.41, 5.74) is 0.629. The van der Waals surface area contributed by atoms with Gasteiger partial charge >= 0.3 is 5.97 Å².